The second-order valence-corrected chi connectivity index (χ2v) is 5.42. The Hall–Kier alpha value is -0.960. The second-order valence-electron chi connectivity index (χ2n) is 5.42. The molecule has 3 nitrogen and oxygen atoms in total. The van der Waals surface area contributed by atoms with Crippen LogP contribution in [0.1, 0.15) is 63.1 Å². The average molecular weight is 206 g/mol. The lowest BCUT2D eigenvalue weighted by Gasteiger charge is -2.22. The number of aliphatic hydroxyl groups is 1. The maximum absolute atomic E-state index is 9.85. The molecule has 0 saturated carbocycles. The molecule has 3 heteroatoms. The molecule has 0 aliphatic heterocycles. The van der Waals surface area contributed by atoms with Gasteiger partial charge in [0, 0.05) is 11.0 Å². The van der Waals surface area contributed by atoms with Crippen molar-refractivity contribution in [2.24, 2.45) is 0 Å². The fourth-order valence-electron chi connectivity index (χ4n) is 2.32. The molecule has 0 bridgehead atoms. The third-order valence-corrected chi connectivity index (χ3v) is 3.01. The van der Waals surface area contributed by atoms with E-state index in [0.717, 1.165) is 23.4 Å². The average Bonchev–Trinajstić information content (AvgIpc) is 2.41. The van der Waals surface area contributed by atoms with Gasteiger partial charge in [0.2, 0.25) is 0 Å². The molecule has 2 atom stereocenters. The molecule has 1 aromatic heterocycles. The molecular formula is C12H18N2O. The van der Waals surface area contributed by atoms with Gasteiger partial charge in [-0.25, -0.2) is 9.97 Å². The zero-order valence-electron chi connectivity index (χ0n) is 9.78. The van der Waals surface area contributed by atoms with Crippen LogP contribution in [0.3, 0.4) is 0 Å². The Labute approximate surface area is 90.6 Å². The zero-order chi connectivity index (χ0) is 11.2. The highest BCUT2D eigenvalue weighted by Crippen LogP contribution is 2.42. The molecule has 1 heterocycles. The Balaban J connectivity index is 2.61. The van der Waals surface area contributed by atoms with Crippen molar-refractivity contribution >= 4 is 0 Å². The standard InChI is InChI=1S/C12H18N2O/c1-7-5-8(15)10-9(7)11(12(2,3)4)14-6-13-10/h6-8,15H,5H2,1-4H3/t7-,8-/m0/s1. The van der Waals surface area contributed by atoms with Crippen molar-refractivity contribution in [1.29, 1.82) is 0 Å². The van der Waals surface area contributed by atoms with E-state index in [9.17, 15) is 5.11 Å². The normalized spacial score (nSPS) is 25.4. The summed E-state index contributed by atoms with van der Waals surface area (Å²) in [5.74, 6) is 0.366. The summed E-state index contributed by atoms with van der Waals surface area (Å²) in [6, 6.07) is 0. The van der Waals surface area contributed by atoms with Gasteiger partial charge in [-0.2, -0.15) is 0 Å². The van der Waals surface area contributed by atoms with Gasteiger partial charge in [0.05, 0.1) is 17.5 Å². The third-order valence-electron chi connectivity index (χ3n) is 3.01. The van der Waals surface area contributed by atoms with Crippen molar-refractivity contribution in [3.05, 3.63) is 23.3 Å². The first-order valence-corrected chi connectivity index (χ1v) is 5.44. The predicted octanol–water partition coefficient (Wildman–Crippen LogP) is 2.31. The molecule has 1 aliphatic rings. The summed E-state index contributed by atoms with van der Waals surface area (Å²) in [6.45, 7) is 8.57. The number of nitrogens with zero attached hydrogens (tertiary/aromatic N) is 2. The van der Waals surface area contributed by atoms with Gasteiger partial charge in [-0.15, -0.1) is 0 Å². The van der Waals surface area contributed by atoms with Crippen LogP contribution in [-0.2, 0) is 5.41 Å². The number of fused-ring (bicyclic) bond motifs is 1. The smallest absolute Gasteiger partial charge is 0.116 e. The Morgan fingerprint density at radius 1 is 1.33 bits per heavy atom. The van der Waals surface area contributed by atoms with Crippen molar-refractivity contribution in [2.75, 3.05) is 0 Å². The lowest BCUT2D eigenvalue weighted by atomic mass is 9.86. The topological polar surface area (TPSA) is 46.0 Å². The summed E-state index contributed by atoms with van der Waals surface area (Å²) in [6.07, 6.45) is 1.94. The van der Waals surface area contributed by atoms with E-state index >= 15 is 0 Å². The predicted molar refractivity (Wildman–Crippen MR) is 58.7 cm³/mol. The lowest BCUT2D eigenvalue weighted by Crippen LogP contribution is -2.18. The minimum atomic E-state index is -0.404. The van der Waals surface area contributed by atoms with E-state index in [0.29, 0.717) is 5.92 Å². The molecule has 1 aliphatic carbocycles. The quantitative estimate of drug-likeness (QED) is 0.708. The zero-order valence-corrected chi connectivity index (χ0v) is 9.78. The van der Waals surface area contributed by atoms with Crippen LogP contribution in [0, 0.1) is 0 Å². The monoisotopic (exact) mass is 206 g/mol. The maximum Gasteiger partial charge on any atom is 0.116 e. The molecule has 0 aromatic carbocycles. The molecule has 82 valence electrons. The molecule has 1 aromatic rings. The molecule has 0 saturated heterocycles. The molecule has 0 fully saturated rings. The van der Waals surface area contributed by atoms with Crippen LogP contribution in [0.4, 0.5) is 0 Å². The molecule has 0 spiro atoms. The second kappa shape index (κ2) is 3.27. The van der Waals surface area contributed by atoms with Gasteiger partial charge in [-0.3, -0.25) is 0 Å². The fourth-order valence-corrected chi connectivity index (χ4v) is 2.32. The molecule has 0 unspecified atom stereocenters. The molecular weight excluding hydrogens is 188 g/mol. The van der Waals surface area contributed by atoms with Gasteiger partial charge in [0.1, 0.15) is 6.33 Å². The lowest BCUT2D eigenvalue weighted by molar-refractivity contribution is 0.170. The molecule has 1 N–H and O–H groups in total. The van der Waals surface area contributed by atoms with E-state index in [4.69, 9.17) is 0 Å². The summed E-state index contributed by atoms with van der Waals surface area (Å²) in [5, 5.41) is 9.85. The number of hydrogen-bond donors (Lipinski definition) is 1. The van der Waals surface area contributed by atoms with Gasteiger partial charge in [-0.05, 0) is 12.3 Å². The van der Waals surface area contributed by atoms with Gasteiger partial charge in [-0.1, -0.05) is 27.7 Å². The third kappa shape index (κ3) is 1.65. The highest BCUT2D eigenvalue weighted by Gasteiger charge is 2.34. The number of aliphatic hydroxyl groups excluding tert-OH is 1. The summed E-state index contributed by atoms with van der Waals surface area (Å²) in [5.41, 5.74) is 3.10. The summed E-state index contributed by atoms with van der Waals surface area (Å²) in [7, 11) is 0. The van der Waals surface area contributed by atoms with Gasteiger partial charge in [0.25, 0.3) is 0 Å². The summed E-state index contributed by atoms with van der Waals surface area (Å²) in [4.78, 5) is 8.59. The summed E-state index contributed by atoms with van der Waals surface area (Å²) < 4.78 is 0. The van der Waals surface area contributed by atoms with Crippen LogP contribution in [0.25, 0.3) is 0 Å². The van der Waals surface area contributed by atoms with Gasteiger partial charge >= 0.3 is 0 Å². The minimum absolute atomic E-state index is 0.0192. The van der Waals surface area contributed by atoms with Crippen LogP contribution < -0.4 is 0 Å². The Morgan fingerprint density at radius 2 is 2.00 bits per heavy atom. The number of aromatic nitrogens is 2. The maximum atomic E-state index is 9.85. The first-order chi connectivity index (χ1) is 6.91. The van der Waals surface area contributed by atoms with Gasteiger partial charge in [0.15, 0.2) is 0 Å². The van der Waals surface area contributed by atoms with Crippen LogP contribution in [-0.4, -0.2) is 15.1 Å². The largest absolute Gasteiger partial charge is 0.387 e. The first-order valence-electron chi connectivity index (χ1n) is 5.44. The molecule has 0 radical (unpaired) electrons. The van der Waals surface area contributed by atoms with Crippen molar-refractivity contribution in [1.82, 2.24) is 9.97 Å². The Bertz CT molecular complexity index is 382. The SMILES string of the molecule is C[C@H]1C[C@H](O)c2ncnc(C(C)(C)C)c21. The van der Waals surface area contributed by atoms with Crippen molar-refractivity contribution in [3.8, 4) is 0 Å². The molecule has 0 amide bonds. The number of hydrogen-bond acceptors (Lipinski definition) is 3. The van der Waals surface area contributed by atoms with Crippen LogP contribution >= 0.6 is 0 Å². The van der Waals surface area contributed by atoms with Crippen LogP contribution in [0.15, 0.2) is 6.33 Å². The Morgan fingerprint density at radius 3 is 2.60 bits per heavy atom. The van der Waals surface area contributed by atoms with E-state index in [1.807, 2.05) is 0 Å². The van der Waals surface area contributed by atoms with Crippen molar-refractivity contribution in [3.63, 3.8) is 0 Å². The Kier molecular flexibility index (Phi) is 2.30. The van der Waals surface area contributed by atoms with E-state index < -0.39 is 6.10 Å². The highest BCUT2D eigenvalue weighted by molar-refractivity contribution is 5.37. The van der Waals surface area contributed by atoms with Crippen molar-refractivity contribution in [2.45, 2.75) is 51.6 Å². The van der Waals surface area contributed by atoms with Crippen LogP contribution in [0.5, 0.6) is 0 Å². The minimum Gasteiger partial charge on any atom is -0.387 e. The van der Waals surface area contributed by atoms with E-state index in [1.54, 1.807) is 6.33 Å². The van der Waals surface area contributed by atoms with E-state index in [-0.39, 0.29) is 5.41 Å². The van der Waals surface area contributed by atoms with E-state index in [2.05, 4.69) is 37.7 Å². The van der Waals surface area contributed by atoms with E-state index in [1.165, 1.54) is 0 Å². The first kappa shape index (κ1) is 10.6. The summed E-state index contributed by atoms with van der Waals surface area (Å²) >= 11 is 0. The number of rotatable bonds is 0. The molecule has 15 heavy (non-hydrogen) atoms. The fraction of sp³-hybridized carbons (Fsp3) is 0.667. The molecule has 2 rings (SSSR count). The van der Waals surface area contributed by atoms with Crippen molar-refractivity contribution < 1.29 is 5.11 Å². The van der Waals surface area contributed by atoms with Crippen LogP contribution in [0.2, 0.25) is 0 Å². The highest BCUT2D eigenvalue weighted by atomic mass is 16.3. The van der Waals surface area contributed by atoms with Gasteiger partial charge < -0.3 is 5.11 Å².